The maximum absolute atomic E-state index is 14.2. The Morgan fingerprint density at radius 2 is 2.26 bits per heavy atom. The normalized spacial score (nSPS) is 12.9. The second kappa shape index (κ2) is 6.74. The number of methoxy groups -OCH3 is 1. The lowest BCUT2D eigenvalue weighted by molar-refractivity contribution is 0.186. The van der Waals surface area contributed by atoms with E-state index in [-0.39, 0.29) is 11.9 Å². The number of halogens is 1. The Hall–Kier alpha value is -1.83. The summed E-state index contributed by atoms with van der Waals surface area (Å²) in [5.74, 6) is 0.777. The van der Waals surface area contributed by atoms with E-state index < -0.39 is 0 Å². The van der Waals surface area contributed by atoms with Crippen LogP contribution < -0.4 is 5.32 Å². The van der Waals surface area contributed by atoms with Crippen LogP contribution >= 0.6 is 11.3 Å². The number of likely N-dealkylation sites (N-methyl/N-ethyl adjacent to an activating group) is 1. The van der Waals surface area contributed by atoms with Crippen LogP contribution in [0.5, 0.6) is 0 Å². The molecule has 5 nitrogen and oxygen atoms in total. The van der Waals surface area contributed by atoms with Gasteiger partial charge in [0.1, 0.15) is 5.82 Å². The first-order valence-corrected chi connectivity index (χ1v) is 8.14. The minimum atomic E-state index is -0.263. The third-order valence-corrected chi connectivity index (χ3v) is 4.88. The minimum absolute atomic E-state index is 0.249. The van der Waals surface area contributed by atoms with Gasteiger partial charge in [0.2, 0.25) is 0 Å². The lowest BCUT2D eigenvalue weighted by Gasteiger charge is -2.04. The highest BCUT2D eigenvalue weighted by atomic mass is 32.1. The fourth-order valence-electron chi connectivity index (χ4n) is 2.43. The van der Waals surface area contributed by atoms with E-state index in [9.17, 15) is 4.39 Å². The van der Waals surface area contributed by atoms with Gasteiger partial charge in [-0.1, -0.05) is 11.2 Å². The van der Waals surface area contributed by atoms with Crippen molar-refractivity contribution in [2.75, 3.05) is 14.2 Å². The molecule has 1 atom stereocenters. The molecule has 1 unspecified atom stereocenters. The van der Waals surface area contributed by atoms with Crippen molar-refractivity contribution in [1.82, 2.24) is 15.5 Å². The Morgan fingerprint density at radius 3 is 3.00 bits per heavy atom. The fourth-order valence-corrected chi connectivity index (χ4v) is 3.57. The van der Waals surface area contributed by atoms with Gasteiger partial charge in [0.05, 0.1) is 11.5 Å². The number of benzene rings is 1. The van der Waals surface area contributed by atoms with Gasteiger partial charge in [-0.15, -0.1) is 11.3 Å². The number of aromatic nitrogens is 2. The van der Waals surface area contributed by atoms with Crippen molar-refractivity contribution in [3.63, 3.8) is 0 Å². The molecule has 1 aromatic carbocycles. The number of nitrogens with one attached hydrogen (secondary N) is 1. The number of ether oxygens (including phenoxy) is 1. The lowest BCUT2D eigenvalue weighted by atomic mass is 10.1. The molecule has 2 heterocycles. The largest absolute Gasteiger partial charge is 0.380 e. The molecule has 0 saturated carbocycles. The van der Waals surface area contributed by atoms with Gasteiger partial charge in [-0.3, -0.25) is 0 Å². The average Bonchev–Trinajstić information content (AvgIpc) is 3.13. The highest BCUT2D eigenvalue weighted by Crippen LogP contribution is 2.39. The molecule has 3 aromatic rings. The van der Waals surface area contributed by atoms with Gasteiger partial charge in [-0.25, -0.2) is 4.39 Å². The molecule has 0 spiro atoms. The Morgan fingerprint density at radius 1 is 1.43 bits per heavy atom. The van der Waals surface area contributed by atoms with Crippen LogP contribution in [0, 0.1) is 5.82 Å². The number of nitrogens with zero attached hydrogens (tertiary/aromatic N) is 2. The number of hydrogen-bond donors (Lipinski definition) is 1. The second-order valence-corrected chi connectivity index (χ2v) is 6.42. The molecule has 122 valence electrons. The second-order valence-electron chi connectivity index (χ2n) is 5.37. The molecule has 0 aliphatic heterocycles. The van der Waals surface area contributed by atoms with E-state index in [1.54, 1.807) is 13.2 Å². The summed E-state index contributed by atoms with van der Waals surface area (Å²) in [4.78, 5) is 5.22. The SMILES string of the molecule is CNC(C)Cc1noc(-c2sc3cccc(F)c3c2COC)n1. The van der Waals surface area contributed by atoms with E-state index in [4.69, 9.17) is 9.26 Å². The molecular formula is C16H18FN3O2S. The van der Waals surface area contributed by atoms with Gasteiger partial charge in [0, 0.05) is 35.2 Å². The summed E-state index contributed by atoms with van der Waals surface area (Å²) in [7, 11) is 3.47. The van der Waals surface area contributed by atoms with Crippen LogP contribution in [0.3, 0.4) is 0 Å². The smallest absolute Gasteiger partial charge is 0.268 e. The highest BCUT2D eigenvalue weighted by Gasteiger charge is 2.21. The number of rotatable bonds is 6. The van der Waals surface area contributed by atoms with Crippen LogP contribution in [0.25, 0.3) is 20.9 Å². The molecule has 0 bridgehead atoms. The maximum atomic E-state index is 14.2. The average molecular weight is 335 g/mol. The number of fused-ring (bicyclic) bond motifs is 1. The molecule has 3 rings (SSSR count). The van der Waals surface area contributed by atoms with Gasteiger partial charge < -0.3 is 14.6 Å². The summed E-state index contributed by atoms with van der Waals surface area (Å²) in [6, 6.07) is 5.28. The Kier molecular flexibility index (Phi) is 4.70. The third-order valence-electron chi connectivity index (χ3n) is 3.70. The van der Waals surface area contributed by atoms with E-state index in [1.807, 2.05) is 20.0 Å². The van der Waals surface area contributed by atoms with E-state index >= 15 is 0 Å². The molecule has 1 N–H and O–H groups in total. The molecule has 2 aromatic heterocycles. The minimum Gasteiger partial charge on any atom is -0.380 e. The molecule has 0 saturated heterocycles. The molecule has 0 amide bonds. The standard InChI is InChI=1S/C16H18FN3O2S/c1-9(18-2)7-13-19-16(22-20-13)15-10(8-21-3)14-11(17)5-4-6-12(14)23-15/h4-6,9,18H,7-8H2,1-3H3. The van der Waals surface area contributed by atoms with Gasteiger partial charge in [0.25, 0.3) is 5.89 Å². The summed E-state index contributed by atoms with van der Waals surface area (Å²) < 4.78 is 25.7. The van der Waals surface area contributed by atoms with Gasteiger partial charge >= 0.3 is 0 Å². The molecule has 23 heavy (non-hydrogen) atoms. The van der Waals surface area contributed by atoms with E-state index in [1.165, 1.54) is 17.4 Å². The Labute approximate surface area is 137 Å². The summed E-state index contributed by atoms with van der Waals surface area (Å²) >= 11 is 1.44. The van der Waals surface area contributed by atoms with Crippen molar-refractivity contribution in [2.24, 2.45) is 0 Å². The fraction of sp³-hybridized carbons (Fsp3) is 0.375. The molecule has 7 heteroatoms. The topological polar surface area (TPSA) is 60.2 Å². The number of thiophene rings is 1. The molecule has 0 radical (unpaired) electrons. The zero-order chi connectivity index (χ0) is 16.4. The summed E-state index contributed by atoms with van der Waals surface area (Å²) in [6.07, 6.45) is 0.666. The van der Waals surface area contributed by atoms with Crippen LogP contribution in [0.2, 0.25) is 0 Å². The first kappa shape index (κ1) is 16.0. The van der Waals surface area contributed by atoms with Crippen molar-refractivity contribution in [1.29, 1.82) is 0 Å². The van der Waals surface area contributed by atoms with Crippen molar-refractivity contribution in [3.05, 3.63) is 35.4 Å². The van der Waals surface area contributed by atoms with Gasteiger partial charge in [-0.05, 0) is 26.1 Å². The van der Waals surface area contributed by atoms with Crippen molar-refractivity contribution in [3.8, 4) is 10.8 Å². The lowest BCUT2D eigenvalue weighted by Crippen LogP contribution is -2.24. The summed E-state index contributed by atoms with van der Waals surface area (Å²) in [5, 5.41) is 7.72. The molecule has 0 fully saturated rings. The Balaban J connectivity index is 2.05. The quantitative estimate of drug-likeness (QED) is 0.748. The van der Waals surface area contributed by atoms with E-state index in [0.29, 0.717) is 30.1 Å². The van der Waals surface area contributed by atoms with Crippen LogP contribution in [-0.2, 0) is 17.8 Å². The molecule has 0 aliphatic rings. The highest BCUT2D eigenvalue weighted by molar-refractivity contribution is 7.22. The molecular weight excluding hydrogens is 317 g/mol. The van der Waals surface area contributed by atoms with Gasteiger partial charge in [0.15, 0.2) is 5.82 Å². The van der Waals surface area contributed by atoms with Crippen molar-refractivity contribution < 1.29 is 13.7 Å². The monoisotopic (exact) mass is 335 g/mol. The maximum Gasteiger partial charge on any atom is 0.268 e. The summed E-state index contributed by atoms with van der Waals surface area (Å²) in [6.45, 7) is 2.34. The predicted octanol–water partition coefficient (Wildman–Crippen LogP) is 3.39. The van der Waals surface area contributed by atoms with Crippen LogP contribution in [0.15, 0.2) is 22.7 Å². The van der Waals surface area contributed by atoms with Gasteiger partial charge in [-0.2, -0.15) is 4.98 Å². The zero-order valence-electron chi connectivity index (χ0n) is 13.2. The van der Waals surface area contributed by atoms with Crippen LogP contribution in [0.4, 0.5) is 4.39 Å². The van der Waals surface area contributed by atoms with Crippen LogP contribution in [-0.4, -0.2) is 30.3 Å². The summed E-state index contributed by atoms with van der Waals surface area (Å²) in [5.41, 5.74) is 0.752. The van der Waals surface area contributed by atoms with E-state index in [2.05, 4.69) is 15.5 Å². The van der Waals surface area contributed by atoms with E-state index in [0.717, 1.165) is 15.1 Å². The van der Waals surface area contributed by atoms with Crippen molar-refractivity contribution >= 4 is 21.4 Å². The first-order chi connectivity index (χ1) is 11.1. The third kappa shape index (κ3) is 3.12. The zero-order valence-corrected chi connectivity index (χ0v) is 14.0. The van der Waals surface area contributed by atoms with Crippen LogP contribution in [0.1, 0.15) is 18.3 Å². The first-order valence-electron chi connectivity index (χ1n) is 7.33. The van der Waals surface area contributed by atoms with Crippen molar-refractivity contribution in [2.45, 2.75) is 26.0 Å². The molecule has 0 aliphatic carbocycles. The Bertz CT molecular complexity index is 815. The predicted molar refractivity (Wildman–Crippen MR) is 88.0 cm³/mol. The number of hydrogen-bond acceptors (Lipinski definition) is 6.